The van der Waals surface area contributed by atoms with Crippen LogP contribution in [0.5, 0.6) is 0 Å². The minimum absolute atomic E-state index is 0.0492. The molecule has 6 heteroatoms. The van der Waals surface area contributed by atoms with E-state index in [-0.39, 0.29) is 17.5 Å². The van der Waals surface area contributed by atoms with Crippen molar-refractivity contribution in [2.75, 3.05) is 13.1 Å². The van der Waals surface area contributed by atoms with Gasteiger partial charge in [0.25, 0.3) is 0 Å². The Hall–Kier alpha value is -1.85. The standard InChI is InChI=1S/C10H13N3O3/c1-7(14)12-3-2-9(6-12)13-5-8(4-11-13)10(15)16/h4-5,9H,2-3,6H2,1H3,(H,15,16)/t9-/m1/s1. The number of carbonyl (C=O) groups excluding carboxylic acids is 1. The summed E-state index contributed by atoms with van der Waals surface area (Å²) >= 11 is 0. The fourth-order valence-electron chi connectivity index (χ4n) is 1.89. The number of likely N-dealkylation sites (tertiary alicyclic amines) is 1. The van der Waals surface area contributed by atoms with Gasteiger partial charge < -0.3 is 10.0 Å². The largest absolute Gasteiger partial charge is 0.478 e. The lowest BCUT2D eigenvalue weighted by molar-refractivity contribution is -0.127. The molecule has 0 unspecified atom stereocenters. The van der Waals surface area contributed by atoms with E-state index >= 15 is 0 Å². The molecule has 6 nitrogen and oxygen atoms in total. The molecule has 0 aliphatic carbocycles. The van der Waals surface area contributed by atoms with Crippen molar-refractivity contribution in [3.8, 4) is 0 Å². The Labute approximate surface area is 92.5 Å². The lowest BCUT2D eigenvalue weighted by Crippen LogP contribution is -2.26. The lowest BCUT2D eigenvalue weighted by atomic mass is 10.3. The molecule has 1 fully saturated rings. The number of hydrogen-bond acceptors (Lipinski definition) is 3. The van der Waals surface area contributed by atoms with Crippen molar-refractivity contribution in [3.63, 3.8) is 0 Å². The molecule has 1 atom stereocenters. The van der Waals surface area contributed by atoms with E-state index in [1.54, 1.807) is 9.58 Å². The summed E-state index contributed by atoms with van der Waals surface area (Å²) in [5.41, 5.74) is 0.182. The Balaban J connectivity index is 2.08. The Morgan fingerprint density at radius 2 is 2.31 bits per heavy atom. The molecule has 1 aromatic heterocycles. The molecule has 2 rings (SSSR count). The van der Waals surface area contributed by atoms with E-state index in [9.17, 15) is 9.59 Å². The number of carboxylic acid groups (broad SMARTS) is 1. The highest BCUT2D eigenvalue weighted by atomic mass is 16.4. The van der Waals surface area contributed by atoms with Crippen LogP contribution in [0.4, 0.5) is 0 Å². The van der Waals surface area contributed by atoms with Crippen LogP contribution in [0.3, 0.4) is 0 Å². The van der Waals surface area contributed by atoms with Crippen LogP contribution in [-0.2, 0) is 4.79 Å². The van der Waals surface area contributed by atoms with Crippen molar-refractivity contribution in [1.29, 1.82) is 0 Å². The monoisotopic (exact) mass is 223 g/mol. The molecular formula is C10H13N3O3. The van der Waals surface area contributed by atoms with Gasteiger partial charge in [-0.3, -0.25) is 9.48 Å². The van der Waals surface area contributed by atoms with Gasteiger partial charge >= 0.3 is 5.97 Å². The summed E-state index contributed by atoms with van der Waals surface area (Å²) in [6, 6.07) is 0.0944. The van der Waals surface area contributed by atoms with Crippen molar-refractivity contribution < 1.29 is 14.7 Å². The Morgan fingerprint density at radius 1 is 1.56 bits per heavy atom. The van der Waals surface area contributed by atoms with Crippen molar-refractivity contribution in [2.45, 2.75) is 19.4 Å². The molecule has 0 saturated carbocycles. The van der Waals surface area contributed by atoms with Gasteiger partial charge in [0.05, 0.1) is 17.8 Å². The van der Waals surface area contributed by atoms with Gasteiger partial charge in [-0.1, -0.05) is 0 Å². The fourth-order valence-corrected chi connectivity index (χ4v) is 1.89. The summed E-state index contributed by atoms with van der Waals surface area (Å²) in [5, 5.41) is 12.8. The highest BCUT2D eigenvalue weighted by molar-refractivity contribution is 5.86. The van der Waals surface area contributed by atoms with Crippen LogP contribution < -0.4 is 0 Å². The van der Waals surface area contributed by atoms with Gasteiger partial charge in [-0.25, -0.2) is 4.79 Å². The quantitative estimate of drug-likeness (QED) is 0.786. The number of carboxylic acids is 1. The number of aromatic carboxylic acids is 1. The van der Waals surface area contributed by atoms with Crippen molar-refractivity contribution >= 4 is 11.9 Å². The predicted molar refractivity (Wildman–Crippen MR) is 55.1 cm³/mol. The summed E-state index contributed by atoms with van der Waals surface area (Å²) in [4.78, 5) is 23.6. The first-order valence-electron chi connectivity index (χ1n) is 5.11. The van der Waals surface area contributed by atoms with Gasteiger partial charge in [-0.05, 0) is 6.42 Å². The topological polar surface area (TPSA) is 75.4 Å². The third-order valence-electron chi connectivity index (χ3n) is 2.83. The molecule has 86 valence electrons. The van der Waals surface area contributed by atoms with Crippen LogP contribution in [0.1, 0.15) is 29.7 Å². The van der Waals surface area contributed by atoms with E-state index in [1.165, 1.54) is 19.3 Å². The summed E-state index contributed by atoms with van der Waals surface area (Å²) in [5.74, 6) is -0.930. The molecule has 0 bridgehead atoms. The second-order valence-corrected chi connectivity index (χ2v) is 3.92. The first kappa shape index (κ1) is 10.7. The summed E-state index contributed by atoms with van der Waals surface area (Å²) < 4.78 is 1.63. The first-order valence-corrected chi connectivity index (χ1v) is 5.11. The minimum atomic E-state index is -0.979. The Bertz CT molecular complexity index is 427. The third kappa shape index (κ3) is 1.91. The molecule has 0 radical (unpaired) electrons. The van der Waals surface area contributed by atoms with Crippen LogP contribution >= 0.6 is 0 Å². The molecule has 2 heterocycles. The molecule has 1 N–H and O–H groups in total. The number of carbonyl (C=O) groups is 2. The lowest BCUT2D eigenvalue weighted by Gasteiger charge is -2.13. The average Bonchev–Trinajstić information content (AvgIpc) is 2.86. The van der Waals surface area contributed by atoms with Crippen molar-refractivity contribution in [1.82, 2.24) is 14.7 Å². The minimum Gasteiger partial charge on any atom is -0.478 e. The smallest absolute Gasteiger partial charge is 0.338 e. The highest BCUT2D eigenvalue weighted by Crippen LogP contribution is 2.21. The molecule has 0 spiro atoms. The van der Waals surface area contributed by atoms with Crippen LogP contribution in [0, 0.1) is 0 Å². The number of nitrogens with zero attached hydrogens (tertiary/aromatic N) is 3. The molecular weight excluding hydrogens is 210 g/mol. The van der Waals surface area contributed by atoms with Gasteiger partial charge in [0.2, 0.25) is 5.91 Å². The zero-order chi connectivity index (χ0) is 11.7. The molecule has 1 aliphatic heterocycles. The van der Waals surface area contributed by atoms with Crippen LogP contribution in [0.15, 0.2) is 12.4 Å². The second-order valence-electron chi connectivity index (χ2n) is 3.92. The van der Waals surface area contributed by atoms with Gasteiger partial charge in [0.1, 0.15) is 0 Å². The number of amides is 1. The van der Waals surface area contributed by atoms with Crippen LogP contribution in [-0.4, -0.2) is 44.8 Å². The maximum atomic E-state index is 11.1. The normalized spacial score (nSPS) is 20.1. The number of rotatable bonds is 2. The van der Waals surface area contributed by atoms with Gasteiger partial charge in [-0.2, -0.15) is 5.10 Å². The number of hydrogen-bond donors (Lipinski definition) is 1. The second kappa shape index (κ2) is 3.96. The van der Waals surface area contributed by atoms with E-state index in [1.807, 2.05) is 0 Å². The van der Waals surface area contributed by atoms with E-state index < -0.39 is 5.97 Å². The van der Waals surface area contributed by atoms with E-state index in [4.69, 9.17) is 5.11 Å². The number of aromatic nitrogens is 2. The van der Waals surface area contributed by atoms with E-state index in [0.717, 1.165) is 6.42 Å². The fraction of sp³-hybridized carbons (Fsp3) is 0.500. The predicted octanol–water partition coefficient (Wildman–Crippen LogP) is 0.375. The molecule has 1 saturated heterocycles. The zero-order valence-corrected chi connectivity index (χ0v) is 8.96. The van der Waals surface area contributed by atoms with Crippen molar-refractivity contribution in [3.05, 3.63) is 18.0 Å². The summed E-state index contributed by atoms with van der Waals surface area (Å²) in [6.45, 7) is 2.85. The van der Waals surface area contributed by atoms with Crippen LogP contribution in [0.25, 0.3) is 0 Å². The Kier molecular flexibility index (Phi) is 2.64. The summed E-state index contributed by atoms with van der Waals surface area (Å²) in [6.07, 6.45) is 3.66. The molecule has 16 heavy (non-hydrogen) atoms. The maximum Gasteiger partial charge on any atom is 0.338 e. The van der Waals surface area contributed by atoms with E-state index in [0.29, 0.717) is 13.1 Å². The van der Waals surface area contributed by atoms with Crippen LogP contribution in [0.2, 0.25) is 0 Å². The molecule has 1 aliphatic rings. The molecule has 1 aromatic rings. The van der Waals surface area contributed by atoms with Crippen molar-refractivity contribution in [2.24, 2.45) is 0 Å². The SMILES string of the molecule is CC(=O)N1CC[C@@H](n2cc(C(=O)O)cn2)C1. The third-order valence-corrected chi connectivity index (χ3v) is 2.83. The van der Waals surface area contributed by atoms with Gasteiger partial charge in [0.15, 0.2) is 0 Å². The molecule has 0 aromatic carbocycles. The Morgan fingerprint density at radius 3 is 2.81 bits per heavy atom. The van der Waals surface area contributed by atoms with Gasteiger partial charge in [-0.15, -0.1) is 0 Å². The molecule has 1 amide bonds. The zero-order valence-electron chi connectivity index (χ0n) is 8.96. The maximum absolute atomic E-state index is 11.1. The summed E-state index contributed by atoms with van der Waals surface area (Å²) in [7, 11) is 0. The highest BCUT2D eigenvalue weighted by Gasteiger charge is 2.26. The first-order chi connectivity index (χ1) is 7.58. The van der Waals surface area contributed by atoms with E-state index in [2.05, 4.69) is 5.10 Å². The van der Waals surface area contributed by atoms with Gasteiger partial charge in [0, 0.05) is 26.2 Å². The average molecular weight is 223 g/mol.